The second-order valence-corrected chi connectivity index (χ2v) is 7.98. The number of thiophene rings is 1. The molecule has 0 bridgehead atoms. The van der Waals surface area contributed by atoms with Crippen LogP contribution in [0.15, 0.2) is 41.5 Å². The maximum Gasteiger partial charge on any atom is 0.281 e. The molecule has 1 aliphatic carbocycles. The van der Waals surface area contributed by atoms with Gasteiger partial charge in [-0.15, -0.1) is 11.3 Å². The lowest BCUT2D eigenvalue weighted by Gasteiger charge is -2.04. The third kappa shape index (κ3) is 3.71. The highest BCUT2D eigenvalue weighted by Gasteiger charge is 2.18. The lowest BCUT2D eigenvalue weighted by Crippen LogP contribution is -2.16. The highest BCUT2D eigenvalue weighted by Crippen LogP contribution is 2.30. The van der Waals surface area contributed by atoms with Crippen LogP contribution in [0.2, 0.25) is 0 Å². The Bertz CT molecular complexity index is 979. The van der Waals surface area contributed by atoms with Crippen LogP contribution in [0.4, 0.5) is 0 Å². The molecule has 0 fully saturated rings. The zero-order valence-electron chi connectivity index (χ0n) is 15.5. The Morgan fingerprint density at radius 2 is 2.11 bits per heavy atom. The van der Waals surface area contributed by atoms with Crippen LogP contribution in [-0.4, -0.2) is 21.9 Å². The van der Waals surface area contributed by atoms with Crippen molar-refractivity contribution in [1.82, 2.24) is 15.2 Å². The van der Waals surface area contributed by atoms with E-state index in [4.69, 9.17) is 0 Å². The van der Waals surface area contributed by atoms with Crippen molar-refractivity contribution in [3.05, 3.63) is 74.2 Å². The number of aryl methyl sites for hydroxylation is 3. The second-order valence-electron chi connectivity index (χ2n) is 6.84. The largest absolute Gasteiger partial charge is 0.281 e. The molecular weight excluding hydrogens is 356 g/mol. The van der Waals surface area contributed by atoms with Crippen molar-refractivity contribution in [3.63, 3.8) is 0 Å². The van der Waals surface area contributed by atoms with E-state index < -0.39 is 0 Å². The van der Waals surface area contributed by atoms with Gasteiger partial charge in [0.1, 0.15) is 0 Å². The third-order valence-electron chi connectivity index (χ3n) is 4.94. The van der Waals surface area contributed by atoms with Crippen LogP contribution in [0, 0.1) is 13.8 Å². The quantitative estimate of drug-likeness (QED) is 0.541. The van der Waals surface area contributed by atoms with Crippen LogP contribution in [0.1, 0.15) is 49.0 Å². The topological polar surface area (TPSA) is 59.3 Å². The fourth-order valence-corrected chi connectivity index (χ4v) is 4.60. The summed E-state index contributed by atoms with van der Waals surface area (Å²) >= 11 is 1.59. The lowest BCUT2D eigenvalue weighted by atomic mass is 10.2. The van der Waals surface area contributed by atoms with Gasteiger partial charge in [-0.3, -0.25) is 9.48 Å². The predicted molar refractivity (Wildman–Crippen MR) is 109 cm³/mol. The molecule has 2 heterocycles. The van der Waals surface area contributed by atoms with E-state index in [0.717, 1.165) is 34.7 Å². The van der Waals surface area contributed by atoms with Gasteiger partial charge in [-0.05, 0) is 50.3 Å². The number of amides is 1. The van der Waals surface area contributed by atoms with Crippen molar-refractivity contribution in [2.75, 3.05) is 0 Å². The van der Waals surface area contributed by atoms with E-state index >= 15 is 0 Å². The van der Waals surface area contributed by atoms with Crippen LogP contribution < -0.4 is 5.43 Å². The molecule has 1 aliphatic rings. The molecule has 0 saturated heterocycles. The number of hydrogen-bond acceptors (Lipinski definition) is 4. The molecule has 1 amide bonds. The summed E-state index contributed by atoms with van der Waals surface area (Å²) in [4.78, 5) is 14.4. The minimum absolute atomic E-state index is 0.141. The highest BCUT2D eigenvalue weighted by atomic mass is 32.1. The van der Waals surface area contributed by atoms with Crippen molar-refractivity contribution in [2.45, 2.75) is 39.7 Å². The van der Waals surface area contributed by atoms with Crippen molar-refractivity contribution < 1.29 is 4.79 Å². The second kappa shape index (κ2) is 7.48. The number of benzene rings is 1. The van der Waals surface area contributed by atoms with E-state index in [9.17, 15) is 4.79 Å². The lowest BCUT2D eigenvalue weighted by molar-refractivity contribution is 0.0959. The molecule has 0 atom stereocenters. The monoisotopic (exact) mass is 378 g/mol. The molecule has 0 spiro atoms. The average molecular weight is 379 g/mol. The number of hydrazone groups is 1. The molecule has 0 aliphatic heterocycles. The number of nitrogens with one attached hydrogen (secondary N) is 1. The summed E-state index contributed by atoms with van der Waals surface area (Å²) < 4.78 is 1.97. The molecule has 6 heteroatoms. The number of aromatic nitrogens is 2. The molecular formula is C21H22N4OS. The van der Waals surface area contributed by atoms with E-state index in [1.165, 1.54) is 22.4 Å². The van der Waals surface area contributed by atoms with Gasteiger partial charge in [0.15, 0.2) is 0 Å². The van der Waals surface area contributed by atoms with Gasteiger partial charge in [0, 0.05) is 16.1 Å². The number of rotatable bonds is 5. The summed E-state index contributed by atoms with van der Waals surface area (Å²) in [6.45, 7) is 4.70. The normalized spacial score (nSPS) is 13.3. The van der Waals surface area contributed by atoms with Gasteiger partial charge in [0.2, 0.25) is 0 Å². The average Bonchev–Trinajstić information content (AvgIpc) is 3.32. The Morgan fingerprint density at radius 1 is 1.30 bits per heavy atom. The molecule has 5 nitrogen and oxygen atoms in total. The smallest absolute Gasteiger partial charge is 0.266 e. The van der Waals surface area contributed by atoms with E-state index in [-0.39, 0.29) is 5.91 Å². The van der Waals surface area contributed by atoms with Crippen LogP contribution >= 0.6 is 11.3 Å². The minimum Gasteiger partial charge on any atom is -0.266 e. The maximum absolute atomic E-state index is 12.3. The first-order valence-corrected chi connectivity index (χ1v) is 9.96. The first-order valence-electron chi connectivity index (χ1n) is 9.14. The molecule has 0 unspecified atom stereocenters. The fourth-order valence-electron chi connectivity index (χ4n) is 3.46. The Morgan fingerprint density at radius 3 is 2.89 bits per heavy atom. The van der Waals surface area contributed by atoms with Gasteiger partial charge in [-0.25, -0.2) is 5.43 Å². The summed E-state index contributed by atoms with van der Waals surface area (Å²) in [6.07, 6.45) is 5.07. The molecule has 3 aromatic rings. The van der Waals surface area contributed by atoms with Crippen LogP contribution in [0.5, 0.6) is 0 Å². The molecule has 2 aromatic heterocycles. The molecule has 1 aromatic carbocycles. The fraction of sp³-hybridized carbons (Fsp3) is 0.286. The minimum atomic E-state index is -0.141. The van der Waals surface area contributed by atoms with Crippen molar-refractivity contribution in [2.24, 2.45) is 5.10 Å². The molecule has 138 valence electrons. The zero-order chi connectivity index (χ0) is 18.8. The molecule has 4 rings (SSSR count). The highest BCUT2D eigenvalue weighted by molar-refractivity contribution is 7.14. The van der Waals surface area contributed by atoms with Gasteiger partial charge >= 0.3 is 0 Å². The Hall–Kier alpha value is -2.73. The summed E-state index contributed by atoms with van der Waals surface area (Å²) in [5.74, 6) is -0.141. The Labute approximate surface area is 162 Å². The van der Waals surface area contributed by atoms with Gasteiger partial charge in [0.25, 0.3) is 5.91 Å². The molecule has 1 N–H and O–H groups in total. The molecule has 0 radical (unpaired) electrons. The van der Waals surface area contributed by atoms with Gasteiger partial charge < -0.3 is 0 Å². The Kier molecular flexibility index (Phi) is 4.90. The summed E-state index contributed by atoms with van der Waals surface area (Å²) in [7, 11) is 0. The summed E-state index contributed by atoms with van der Waals surface area (Å²) in [5, 5.41) is 8.78. The van der Waals surface area contributed by atoms with Crippen LogP contribution in [-0.2, 0) is 19.4 Å². The number of fused-ring (bicyclic) bond motifs is 1. The van der Waals surface area contributed by atoms with E-state index in [0.29, 0.717) is 6.54 Å². The third-order valence-corrected chi connectivity index (χ3v) is 6.18. The van der Waals surface area contributed by atoms with Crippen molar-refractivity contribution >= 4 is 23.5 Å². The van der Waals surface area contributed by atoms with Crippen molar-refractivity contribution in [3.8, 4) is 0 Å². The zero-order valence-corrected chi connectivity index (χ0v) is 16.3. The predicted octanol–water partition coefficient (Wildman–Crippen LogP) is 3.86. The van der Waals surface area contributed by atoms with Gasteiger partial charge in [0.05, 0.1) is 23.3 Å². The maximum atomic E-state index is 12.3. The van der Waals surface area contributed by atoms with Gasteiger partial charge in [-0.2, -0.15) is 10.2 Å². The van der Waals surface area contributed by atoms with Gasteiger partial charge in [-0.1, -0.05) is 30.3 Å². The SMILES string of the molecule is Cc1nn(Cc2ccccc2)c(C)c1/C=N\NC(=O)c1cc2c(s1)CCC2. The van der Waals surface area contributed by atoms with E-state index in [1.807, 2.05) is 42.8 Å². The number of carbonyl (C=O) groups is 1. The van der Waals surface area contributed by atoms with Crippen molar-refractivity contribution in [1.29, 1.82) is 0 Å². The first-order chi connectivity index (χ1) is 13.1. The van der Waals surface area contributed by atoms with Crippen LogP contribution in [0.3, 0.4) is 0 Å². The molecule has 27 heavy (non-hydrogen) atoms. The van der Waals surface area contributed by atoms with E-state index in [2.05, 4.69) is 27.8 Å². The molecule has 0 saturated carbocycles. The first kappa shape index (κ1) is 17.7. The number of hydrogen-bond donors (Lipinski definition) is 1. The summed E-state index contributed by atoms with van der Waals surface area (Å²) in [5.41, 5.74) is 8.05. The van der Waals surface area contributed by atoms with E-state index in [1.54, 1.807) is 17.6 Å². The Balaban J connectivity index is 1.44. The summed E-state index contributed by atoms with van der Waals surface area (Å²) in [6, 6.07) is 12.2. The number of nitrogens with zero attached hydrogens (tertiary/aromatic N) is 3. The standard InChI is InChI=1S/C21H22N4OS/c1-14-18(15(2)25(24-14)13-16-7-4-3-5-8-16)12-22-23-21(26)20-11-17-9-6-10-19(17)27-20/h3-5,7-8,11-12H,6,9-10,13H2,1-2H3,(H,23,26)/b22-12-. The number of carbonyl (C=O) groups excluding carboxylic acids is 1. The van der Waals surface area contributed by atoms with Crippen LogP contribution in [0.25, 0.3) is 0 Å².